The van der Waals surface area contributed by atoms with Gasteiger partial charge in [0.15, 0.2) is 0 Å². The molecule has 0 saturated carbocycles. The summed E-state index contributed by atoms with van der Waals surface area (Å²) in [5.74, 6) is 0.166. The van der Waals surface area contributed by atoms with E-state index in [0.717, 1.165) is 10.6 Å². The van der Waals surface area contributed by atoms with E-state index in [9.17, 15) is 23.3 Å². The molecule has 31 heavy (non-hydrogen) atoms. The van der Waals surface area contributed by atoms with Crippen molar-refractivity contribution >= 4 is 33.5 Å². The average molecular weight is 442 g/mol. The first-order chi connectivity index (χ1) is 14.7. The second-order valence-corrected chi connectivity index (χ2v) is 8.31. The second-order valence-electron chi connectivity index (χ2n) is 6.40. The van der Waals surface area contributed by atoms with Crippen LogP contribution < -0.4 is 9.73 Å². The summed E-state index contributed by atoms with van der Waals surface area (Å²) in [7, 11) is -3.67. The highest BCUT2D eigenvalue weighted by atomic mass is 32.2. The van der Waals surface area contributed by atoms with E-state index >= 15 is 0 Å². The number of nitro benzene ring substituents is 1. The molecule has 0 aliphatic carbocycles. The van der Waals surface area contributed by atoms with Gasteiger partial charge >= 0.3 is 0 Å². The van der Waals surface area contributed by atoms with Crippen LogP contribution in [0.2, 0.25) is 0 Å². The van der Waals surface area contributed by atoms with Crippen LogP contribution in [0, 0.1) is 10.1 Å². The van der Waals surface area contributed by atoms with Crippen LogP contribution in [0.25, 0.3) is 11.3 Å². The number of sulfonamides is 1. The van der Waals surface area contributed by atoms with Crippen molar-refractivity contribution in [2.24, 2.45) is 5.10 Å². The molecule has 160 valence electrons. The van der Waals surface area contributed by atoms with Crippen molar-refractivity contribution in [3.05, 3.63) is 82.6 Å². The molecule has 11 heteroatoms. The molecule has 3 aromatic rings. The number of hydrogen-bond acceptors (Lipinski definition) is 7. The molecule has 0 spiro atoms. The van der Waals surface area contributed by atoms with E-state index in [1.165, 1.54) is 18.3 Å². The van der Waals surface area contributed by atoms with Crippen molar-refractivity contribution in [2.75, 3.05) is 17.1 Å². The van der Waals surface area contributed by atoms with E-state index in [1.807, 2.05) is 0 Å². The summed E-state index contributed by atoms with van der Waals surface area (Å²) in [5.41, 5.74) is 3.24. The molecule has 0 radical (unpaired) electrons. The fourth-order valence-electron chi connectivity index (χ4n) is 2.65. The largest absolute Gasteiger partial charge is 0.455 e. The summed E-state index contributed by atoms with van der Waals surface area (Å²) in [6.07, 6.45) is 2.28. The summed E-state index contributed by atoms with van der Waals surface area (Å²) in [6, 6.07) is 17.4. The molecule has 1 amide bonds. The molecular formula is C20H18N4O6S. The lowest BCUT2D eigenvalue weighted by Gasteiger charge is -2.21. The number of hydrazone groups is 1. The molecule has 0 bridgehead atoms. The topological polar surface area (TPSA) is 135 Å². The second kappa shape index (κ2) is 9.22. The van der Waals surface area contributed by atoms with Crippen molar-refractivity contribution in [2.45, 2.75) is 0 Å². The predicted molar refractivity (Wildman–Crippen MR) is 115 cm³/mol. The Morgan fingerprint density at radius 1 is 1.13 bits per heavy atom. The Labute approximate surface area is 178 Å². The molecule has 0 aliphatic rings. The van der Waals surface area contributed by atoms with Gasteiger partial charge in [0.1, 0.15) is 18.1 Å². The lowest BCUT2D eigenvalue weighted by molar-refractivity contribution is -0.384. The van der Waals surface area contributed by atoms with Gasteiger partial charge in [-0.25, -0.2) is 13.8 Å². The number of benzene rings is 2. The Balaban J connectivity index is 1.62. The maximum absolute atomic E-state index is 12.2. The Kier molecular flexibility index (Phi) is 6.46. The number of anilines is 1. The number of non-ortho nitro benzene ring substituents is 1. The molecule has 0 atom stereocenters. The van der Waals surface area contributed by atoms with Gasteiger partial charge in [0.05, 0.1) is 23.1 Å². The summed E-state index contributed by atoms with van der Waals surface area (Å²) >= 11 is 0. The van der Waals surface area contributed by atoms with Crippen LogP contribution in [-0.4, -0.2) is 38.3 Å². The summed E-state index contributed by atoms with van der Waals surface area (Å²) in [6.45, 7) is -0.438. The zero-order chi connectivity index (χ0) is 22.4. The molecule has 10 nitrogen and oxygen atoms in total. The maximum atomic E-state index is 12.2. The van der Waals surface area contributed by atoms with Crippen LogP contribution in [0.3, 0.4) is 0 Å². The van der Waals surface area contributed by atoms with Gasteiger partial charge in [0, 0.05) is 17.7 Å². The Morgan fingerprint density at radius 2 is 1.81 bits per heavy atom. The highest BCUT2D eigenvalue weighted by molar-refractivity contribution is 7.92. The minimum absolute atomic E-state index is 0.0292. The number of nitro groups is 1. The molecule has 1 aromatic heterocycles. The van der Waals surface area contributed by atoms with E-state index in [-0.39, 0.29) is 5.69 Å². The van der Waals surface area contributed by atoms with Gasteiger partial charge in [-0.2, -0.15) is 5.10 Å². The monoisotopic (exact) mass is 442 g/mol. The average Bonchev–Trinajstić information content (AvgIpc) is 3.21. The van der Waals surface area contributed by atoms with Gasteiger partial charge in [-0.05, 0) is 36.4 Å². The fourth-order valence-corrected chi connectivity index (χ4v) is 3.51. The first-order valence-electron chi connectivity index (χ1n) is 8.93. The van der Waals surface area contributed by atoms with Crippen molar-refractivity contribution < 1.29 is 22.6 Å². The van der Waals surface area contributed by atoms with Gasteiger partial charge in [0.2, 0.25) is 10.0 Å². The summed E-state index contributed by atoms with van der Waals surface area (Å²) < 4.78 is 30.6. The lowest BCUT2D eigenvalue weighted by atomic mass is 10.1. The summed E-state index contributed by atoms with van der Waals surface area (Å²) in [4.78, 5) is 22.4. The molecule has 3 rings (SSSR count). The Bertz CT molecular complexity index is 1200. The number of furan rings is 1. The number of hydrogen-bond donors (Lipinski definition) is 1. The minimum Gasteiger partial charge on any atom is -0.455 e. The molecule has 2 aromatic carbocycles. The van der Waals surface area contributed by atoms with Crippen molar-refractivity contribution in [1.82, 2.24) is 5.43 Å². The lowest BCUT2D eigenvalue weighted by Crippen LogP contribution is -2.38. The Morgan fingerprint density at radius 3 is 2.42 bits per heavy atom. The van der Waals surface area contributed by atoms with Gasteiger partial charge in [-0.3, -0.25) is 19.2 Å². The third kappa shape index (κ3) is 5.76. The number of nitrogens with zero attached hydrogens (tertiary/aromatic N) is 3. The number of amides is 1. The van der Waals surface area contributed by atoms with Crippen LogP contribution in [0.1, 0.15) is 5.76 Å². The molecule has 0 saturated heterocycles. The van der Waals surface area contributed by atoms with Gasteiger partial charge in [-0.15, -0.1) is 0 Å². The first kappa shape index (κ1) is 21.7. The SMILES string of the molecule is CS(=O)(=O)N(CC(=O)N/N=C\c1ccc(-c2ccc([N+](=O)[O-])cc2)o1)c1ccccc1. The van der Waals surface area contributed by atoms with Crippen LogP contribution in [0.5, 0.6) is 0 Å². The van der Waals surface area contributed by atoms with E-state index in [4.69, 9.17) is 4.42 Å². The standard InChI is InChI=1S/C20H18N4O6S/c1-31(28,29)23(16-5-3-2-4-6-16)14-20(25)22-21-13-18-11-12-19(30-18)15-7-9-17(10-8-15)24(26)27/h2-13H,14H2,1H3,(H,22,25)/b21-13-. The Hall–Kier alpha value is -3.99. The normalized spacial score (nSPS) is 11.4. The maximum Gasteiger partial charge on any atom is 0.269 e. The van der Waals surface area contributed by atoms with Crippen molar-refractivity contribution in [3.63, 3.8) is 0 Å². The quantitative estimate of drug-likeness (QED) is 0.324. The number of para-hydroxylation sites is 1. The van der Waals surface area contributed by atoms with E-state index in [0.29, 0.717) is 22.8 Å². The number of nitrogens with one attached hydrogen (secondary N) is 1. The van der Waals surface area contributed by atoms with Crippen LogP contribution >= 0.6 is 0 Å². The third-order valence-corrected chi connectivity index (χ3v) is 5.24. The van der Waals surface area contributed by atoms with Gasteiger partial charge < -0.3 is 4.42 Å². The smallest absolute Gasteiger partial charge is 0.269 e. The number of carbonyl (C=O) groups is 1. The zero-order valence-electron chi connectivity index (χ0n) is 16.3. The molecule has 0 aliphatic heterocycles. The molecule has 1 heterocycles. The van der Waals surface area contributed by atoms with Crippen molar-refractivity contribution in [3.8, 4) is 11.3 Å². The van der Waals surface area contributed by atoms with E-state index in [2.05, 4.69) is 10.5 Å². The highest BCUT2D eigenvalue weighted by Crippen LogP contribution is 2.24. The van der Waals surface area contributed by atoms with Gasteiger partial charge in [0.25, 0.3) is 11.6 Å². The molecular weight excluding hydrogens is 424 g/mol. The van der Waals surface area contributed by atoms with Crippen LogP contribution in [0.15, 0.2) is 76.2 Å². The number of rotatable bonds is 8. The van der Waals surface area contributed by atoms with E-state index in [1.54, 1.807) is 54.6 Å². The van der Waals surface area contributed by atoms with Crippen LogP contribution in [-0.2, 0) is 14.8 Å². The molecule has 0 fully saturated rings. The zero-order valence-corrected chi connectivity index (χ0v) is 17.2. The number of carbonyl (C=O) groups excluding carboxylic acids is 1. The predicted octanol–water partition coefficient (Wildman–Crippen LogP) is 2.77. The third-order valence-electron chi connectivity index (χ3n) is 4.10. The first-order valence-corrected chi connectivity index (χ1v) is 10.8. The van der Waals surface area contributed by atoms with Gasteiger partial charge in [-0.1, -0.05) is 18.2 Å². The highest BCUT2D eigenvalue weighted by Gasteiger charge is 2.20. The fraction of sp³-hybridized carbons (Fsp3) is 0.100. The minimum atomic E-state index is -3.67. The van der Waals surface area contributed by atoms with Crippen molar-refractivity contribution in [1.29, 1.82) is 0 Å². The summed E-state index contributed by atoms with van der Waals surface area (Å²) in [5, 5.41) is 14.5. The van der Waals surface area contributed by atoms with Crippen LogP contribution in [0.4, 0.5) is 11.4 Å². The van der Waals surface area contributed by atoms with E-state index < -0.39 is 27.4 Å². The molecule has 0 unspecified atom stereocenters. The molecule has 1 N–H and O–H groups in total.